The van der Waals surface area contributed by atoms with Crippen molar-refractivity contribution in [2.24, 2.45) is 0 Å². The second-order valence-corrected chi connectivity index (χ2v) is 6.76. The highest BCUT2D eigenvalue weighted by atomic mass is 16.5. The molecule has 2 heterocycles. The number of aromatic nitrogens is 3. The van der Waals surface area contributed by atoms with E-state index in [0.717, 1.165) is 11.1 Å². The Morgan fingerprint density at radius 2 is 1.84 bits per heavy atom. The molecule has 9 nitrogen and oxygen atoms in total. The summed E-state index contributed by atoms with van der Waals surface area (Å²) < 4.78 is 22.1. The number of rotatable bonds is 7. The third-order valence-corrected chi connectivity index (χ3v) is 4.43. The van der Waals surface area contributed by atoms with E-state index in [-0.39, 0.29) is 11.7 Å². The molecule has 0 radical (unpaired) electrons. The molecule has 4 aromatic rings. The van der Waals surface area contributed by atoms with Crippen molar-refractivity contribution in [2.75, 3.05) is 13.7 Å². The lowest BCUT2D eigenvalue weighted by Crippen LogP contribution is -2.10. The predicted octanol–water partition coefficient (Wildman–Crippen LogP) is 4.17. The SMILES string of the molecule is COc1cccc(Oc2ncc3nc(-c4cc(C)c(OCC(=O)O)c(C)c4)oc3n2)c1. The van der Waals surface area contributed by atoms with Gasteiger partial charge in [0.15, 0.2) is 6.61 Å². The number of aryl methyl sites for hydroxylation is 2. The number of carbonyl (C=O) groups is 1. The van der Waals surface area contributed by atoms with E-state index in [1.807, 2.05) is 32.0 Å². The molecule has 9 heteroatoms. The van der Waals surface area contributed by atoms with Crippen LogP contribution in [0.2, 0.25) is 0 Å². The molecule has 0 aliphatic carbocycles. The average Bonchev–Trinajstić information content (AvgIpc) is 3.16. The van der Waals surface area contributed by atoms with E-state index >= 15 is 0 Å². The Labute approximate surface area is 177 Å². The standard InChI is InChI=1S/C22H19N3O6/c1-12-7-14(8-13(2)19(12)29-11-18(26)27)20-24-17-10-23-22(25-21(17)31-20)30-16-6-4-5-15(9-16)28-3/h4-10H,11H2,1-3H3,(H,26,27). The van der Waals surface area contributed by atoms with Crippen LogP contribution in [0.3, 0.4) is 0 Å². The molecule has 31 heavy (non-hydrogen) atoms. The van der Waals surface area contributed by atoms with Crippen molar-refractivity contribution in [1.29, 1.82) is 0 Å². The van der Waals surface area contributed by atoms with E-state index in [4.69, 9.17) is 23.7 Å². The maximum absolute atomic E-state index is 10.8. The molecule has 158 valence electrons. The number of oxazole rings is 1. The lowest BCUT2D eigenvalue weighted by atomic mass is 10.1. The van der Waals surface area contributed by atoms with E-state index in [1.165, 1.54) is 6.20 Å². The van der Waals surface area contributed by atoms with Gasteiger partial charge in [-0.25, -0.2) is 14.8 Å². The van der Waals surface area contributed by atoms with Crippen LogP contribution in [0.15, 0.2) is 47.0 Å². The molecule has 0 saturated heterocycles. The summed E-state index contributed by atoms with van der Waals surface area (Å²) in [6.07, 6.45) is 1.52. The fraction of sp³-hybridized carbons (Fsp3) is 0.182. The number of aliphatic carboxylic acids is 1. The third kappa shape index (κ3) is 4.40. The normalized spacial score (nSPS) is 10.8. The van der Waals surface area contributed by atoms with E-state index < -0.39 is 12.6 Å². The van der Waals surface area contributed by atoms with Crippen molar-refractivity contribution in [2.45, 2.75) is 13.8 Å². The number of ether oxygens (including phenoxy) is 3. The number of carboxylic acid groups (broad SMARTS) is 1. The highest BCUT2D eigenvalue weighted by Gasteiger charge is 2.15. The Morgan fingerprint density at radius 3 is 2.55 bits per heavy atom. The Morgan fingerprint density at radius 1 is 1.10 bits per heavy atom. The minimum Gasteiger partial charge on any atom is -0.497 e. The molecule has 0 atom stereocenters. The minimum absolute atomic E-state index is 0.119. The van der Waals surface area contributed by atoms with Gasteiger partial charge >= 0.3 is 12.0 Å². The van der Waals surface area contributed by atoms with Crippen LogP contribution in [0.5, 0.6) is 23.3 Å². The van der Waals surface area contributed by atoms with Crippen LogP contribution in [-0.2, 0) is 4.79 Å². The number of fused-ring (bicyclic) bond motifs is 1. The van der Waals surface area contributed by atoms with E-state index in [9.17, 15) is 4.79 Å². The largest absolute Gasteiger partial charge is 0.497 e. The average molecular weight is 421 g/mol. The Kier molecular flexibility index (Phi) is 5.40. The summed E-state index contributed by atoms with van der Waals surface area (Å²) in [6, 6.07) is 10.8. The van der Waals surface area contributed by atoms with Gasteiger partial charge in [0.2, 0.25) is 5.89 Å². The molecular weight excluding hydrogens is 402 g/mol. The Hall–Kier alpha value is -4.14. The summed E-state index contributed by atoms with van der Waals surface area (Å²) in [6.45, 7) is 3.25. The van der Waals surface area contributed by atoms with Crippen molar-refractivity contribution < 1.29 is 28.5 Å². The minimum atomic E-state index is -1.03. The molecule has 0 spiro atoms. The van der Waals surface area contributed by atoms with Gasteiger partial charge in [-0.15, -0.1) is 0 Å². The van der Waals surface area contributed by atoms with Crippen molar-refractivity contribution in [3.05, 3.63) is 53.7 Å². The van der Waals surface area contributed by atoms with Crippen LogP contribution in [0.4, 0.5) is 0 Å². The van der Waals surface area contributed by atoms with E-state index in [1.54, 1.807) is 25.3 Å². The lowest BCUT2D eigenvalue weighted by Gasteiger charge is -2.11. The zero-order valence-electron chi connectivity index (χ0n) is 17.1. The maximum Gasteiger partial charge on any atom is 0.341 e. The lowest BCUT2D eigenvalue weighted by molar-refractivity contribution is -0.139. The number of benzene rings is 2. The highest BCUT2D eigenvalue weighted by Crippen LogP contribution is 2.32. The molecule has 0 saturated carbocycles. The van der Waals surface area contributed by atoms with Crippen LogP contribution >= 0.6 is 0 Å². The topological polar surface area (TPSA) is 117 Å². The summed E-state index contributed by atoms with van der Waals surface area (Å²) in [5.74, 6) is 1.03. The first-order chi connectivity index (χ1) is 14.9. The first-order valence-electron chi connectivity index (χ1n) is 9.34. The number of nitrogens with zero attached hydrogens (tertiary/aromatic N) is 3. The number of hydrogen-bond acceptors (Lipinski definition) is 8. The Balaban J connectivity index is 1.61. The van der Waals surface area contributed by atoms with Gasteiger partial charge in [0.05, 0.1) is 13.3 Å². The van der Waals surface area contributed by atoms with Crippen LogP contribution < -0.4 is 14.2 Å². The summed E-state index contributed by atoms with van der Waals surface area (Å²) in [5, 5.41) is 8.83. The second kappa shape index (κ2) is 8.31. The van der Waals surface area contributed by atoms with Crippen molar-refractivity contribution >= 4 is 17.2 Å². The van der Waals surface area contributed by atoms with Gasteiger partial charge in [-0.1, -0.05) is 6.07 Å². The predicted molar refractivity (Wildman–Crippen MR) is 111 cm³/mol. The van der Waals surface area contributed by atoms with Crippen LogP contribution in [0, 0.1) is 13.8 Å². The van der Waals surface area contributed by atoms with E-state index in [2.05, 4.69) is 15.0 Å². The zero-order valence-corrected chi connectivity index (χ0v) is 17.1. The summed E-state index contributed by atoms with van der Waals surface area (Å²) in [5.41, 5.74) is 3.02. The van der Waals surface area contributed by atoms with Crippen molar-refractivity contribution in [3.8, 4) is 34.7 Å². The number of methoxy groups -OCH3 is 1. The molecule has 0 aliphatic heterocycles. The Bertz CT molecular complexity index is 1240. The molecule has 0 aliphatic rings. The van der Waals surface area contributed by atoms with Gasteiger partial charge in [-0.05, 0) is 49.2 Å². The van der Waals surface area contributed by atoms with Gasteiger partial charge in [0.25, 0.3) is 5.71 Å². The quantitative estimate of drug-likeness (QED) is 0.469. The zero-order chi connectivity index (χ0) is 22.0. The molecule has 2 aromatic carbocycles. The van der Waals surface area contributed by atoms with Gasteiger partial charge in [0.1, 0.15) is 22.8 Å². The molecular formula is C22H19N3O6. The highest BCUT2D eigenvalue weighted by molar-refractivity contribution is 5.73. The number of carboxylic acids is 1. The summed E-state index contributed by atoms with van der Waals surface area (Å²) >= 11 is 0. The van der Waals surface area contributed by atoms with Gasteiger partial charge in [0, 0.05) is 11.6 Å². The van der Waals surface area contributed by atoms with Crippen LogP contribution in [-0.4, -0.2) is 39.7 Å². The van der Waals surface area contributed by atoms with E-state index in [0.29, 0.717) is 34.2 Å². The number of hydrogen-bond donors (Lipinski definition) is 1. The van der Waals surface area contributed by atoms with Gasteiger partial charge in [-0.2, -0.15) is 4.98 Å². The molecule has 0 bridgehead atoms. The smallest absolute Gasteiger partial charge is 0.341 e. The third-order valence-electron chi connectivity index (χ3n) is 4.43. The first-order valence-corrected chi connectivity index (χ1v) is 9.34. The molecule has 0 amide bonds. The summed E-state index contributed by atoms with van der Waals surface area (Å²) in [4.78, 5) is 23.7. The van der Waals surface area contributed by atoms with Crippen molar-refractivity contribution in [1.82, 2.24) is 15.0 Å². The molecule has 0 unspecified atom stereocenters. The second-order valence-electron chi connectivity index (χ2n) is 6.76. The fourth-order valence-corrected chi connectivity index (χ4v) is 3.10. The molecule has 0 fully saturated rings. The summed E-state index contributed by atoms with van der Waals surface area (Å²) in [7, 11) is 1.58. The fourth-order valence-electron chi connectivity index (χ4n) is 3.10. The monoisotopic (exact) mass is 421 g/mol. The first kappa shape index (κ1) is 20.1. The van der Waals surface area contributed by atoms with Gasteiger partial charge in [-0.3, -0.25) is 0 Å². The molecule has 2 aromatic heterocycles. The maximum atomic E-state index is 10.8. The van der Waals surface area contributed by atoms with Gasteiger partial charge < -0.3 is 23.7 Å². The molecule has 4 rings (SSSR count). The van der Waals surface area contributed by atoms with Crippen LogP contribution in [0.25, 0.3) is 22.7 Å². The molecule has 1 N–H and O–H groups in total. The van der Waals surface area contributed by atoms with Crippen molar-refractivity contribution in [3.63, 3.8) is 0 Å². The van der Waals surface area contributed by atoms with Crippen LogP contribution in [0.1, 0.15) is 11.1 Å².